The highest BCUT2D eigenvalue weighted by atomic mass is 16.6. The molecule has 1 rings (SSSR count). The van der Waals surface area contributed by atoms with Crippen molar-refractivity contribution in [3.63, 3.8) is 0 Å². The zero-order valence-corrected chi connectivity index (χ0v) is 7.49. The van der Waals surface area contributed by atoms with Crippen LogP contribution in [0, 0.1) is 17.8 Å². The van der Waals surface area contributed by atoms with Crippen molar-refractivity contribution < 1.29 is 19.1 Å². The summed E-state index contributed by atoms with van der Waals surface area (Å²) in [5.74, 6) is 0.411. The molecule has 70 valence electrons. The van der Waals surface area contributed by atoms with Gasteiger partial charge in [0.1, 0.15) is 6.61 Å². The molecule has 0 aromatic carbocycles. The lowest BCUT2D eigenvalue weighted by Gasteiger charge is -2.20. The number of esters is 2. The summed E-state index contributed by atoms with van der Waals surface area (Å²) in [5.41, 5.74) is -0.496. The van der Waals surface area contributed by atoms with Crippen molar-refractivity contribution in [2.24, 2.45) is 5.41 Å². The van der Waals surface area contributed by atoms with Crippen molar-refractivity contribution in [3.05, 3.63) is 0 Å². The second kappa shape index (κ2) is 3.09. The van der Waals surface area contributed by atoms with Gasteiger partial charge < -0.3 is 9.47 Å². The van der Waals surface area contributed by atoms with Gasteiger partial charge in [-0.2, -0.15) is 0 Å². The standard InChI is InChI=1S/C9H10O4/c1-4-6(10)13-7-8(11)12-5-9(7,2)3/h1,7H,5H2,2-3H3. The Balaban J connectivity index is 2.73. The first kappa shape index (κ1) is 9.59. The molecule has 0 bridgehead atoms. The van der Waals surface area contributed by atoms with Crippen LogP contribution in [0.3, 0.4) is 0 Å². The van der Waals surface area contributed by atoms with Crippen molar-refractivity contribution in [1.29, 1.82) is 0 Å². The molecule has 1 atom stereocenters. The third-order valence-electron chi connectivity index (χ3n) is 1.85. The predicted molar refractivity (Wildman–Crippen MR) is 43.5 cm³/mol. The minimum Gasteiger partial charge on any atom is -0.462 e. The molecule has 0 aromatic heterocycles. The van der Waals surface area contributed by atoms with Gasteiger partial charge >= 0.3 is 11.9 Å². The molecule has 1 heterocycles. The van der Waals surface area contributed by atoms with Gasteiger partial charge in [-0.05, 0) is 0 Å². The summed E-state index contributed by atoms with van der Waals surface area (Å²) in [7, 11) is 0. The minimum absolute atomic E-state index is 0.244. The van der Waals surface area contributed by atoms with Gasteiger partial charge in [-0.1, -0.05) is 13.8 Å². The lowest BCUT2D eigenvalue weighted by atomic mass is 9.90. The van der Waals surface area contributed by atoms with Crippen LogP contribution in [0.2, 0.25) is 0 Å². The van der Waals surface area contributed by atoms with E-state index in [0.29, 0.717) is 0 Å². The second-order valence-corrected chi connectivity index (χ2v) is 3.53. The normalized spacial score (nSPS) is 24.7. The van der Waals surface area contributed by atoms with Crippen LogP contribution in [-0.2, 0) is 19.1 Å². The van der Waals surface area contributed by atoms with Gasteiger partial charge in [0.05, 0.1) is 0 Å². The molecule has 0 radical (unpaired) electrons. The second-order valence-electron chi connectivity index (χ2n) is 3.53. The number of cyclic esters (lactones) is 1. The quantitative estimate of drug-likeness (QED) is 0.328. The van der Waals surface area contributed by atoms with Gasteiger partial charge in [-0.3, -0.25) is 0 Å². The third kappa shape index (κ3) is 1.81. The van der Waals surface area contributed by atoms with Crippen molar-refractivity contribution in [3.8, 4) is 12.3 Å². The van der Waals surface area contributed by atoms with E-state index in [1.807, 2.05) is 0 Å². The molecule has 13 heavy (non-hydrogen) atoms. The molecule has 0 aromatic rings. The van der Waals surface area contributed by atoms with Crippen LogP contribution in [0.1, 0.15) is 13.8 Å². The summed E-state index contributed by atoms with van der Waals surface area (Å²) in [5, 5.41) is 0. The molecule has 4 nitrogen and oxygen atoms in total. The molecule has 1 unspecified atom stereocenters. The molecule has 0 saturated carbocycles. The molecule has 4 heteroatoms. The fourth-order valence-electron chi connectivity index (χ4n) is 1.08. The molecule has 0 amide bonds. The first-order chi connectivity index (χ1) is 5.97. The van der Waals surface area contributed by atoms with Crippen molar-refractivity contribution in [1.82, 2.24) is 0 Å². The van der Waals surface area contributed by atoms with E-state index in [4.69, 9.17) is 15.9 Å². The molecular weight excluding hydrogens is 172 g/mol. The van der Waals surface area contributed by atoms with E-state index in [1.165, 1.54) is 0 Å². The SMILES string of the molecule is C#CC(=O)OC1C(=O)OCC1(C)C. The van der Waals surface area contributed by atoms with Gasteiger partial charge in [-0.25, -0.2) is 9.59 Å². The lowest BCUT2D eigenvalue weighted by molar-refractivity contribution is -0.158. The van der Waals surface area contributed by atoms with Crippen LogP contribution in [-0.4, -0.2) is 24.6 Å². The number of hydrogen-bond donors (Lipinski definition) is 0. The zero-order valence-electron chi connectivity index (χ0n) is 7.49. The molecule has 1 aliphatic heterocycles. The molecule has 1 aliphatic rings. The largest absolute Gasteiger partial charge is 0.462 e. The number of hydrogen-bond acceptors (Lipinski definition) is 4. The lowest BCUT2D eigenvalue weighted by Crippen LogP contribution is -2.34. The van der Waals surface area contributed by atoms with Gasteiger partial charge in [0.15, 0.2) is 0 Å². The third-order valence-corrected chi connectivity index (χ3v) is 1.85. The highest BCUT2D eigenvalue weighted by Crippen LogP contribution is 2.30. The predicted octanol–water partition coefficient (Wildman–Crippen LogP) is 0.114. The summed E-state index contributed by atoms with van der Waals surface area (Å²) in [6, 6.07) is 0. The monoisotopic (exact) mass is 182 g/mol. The highest BCUT2D eigenvalue weighted by Gasteiger charge is 2.46. The Kier molecular flexibility index (Phi) is 2.28. The molecule has 0 N–H and O–H groups in total. The number of carbonyl (C=O) groups is 2. The number of terminal acetylenes is 1. The summed E-state index contributed by atoms with van der Waals surface area (Å²) in [6.45, 7) is 3.78. The topological polar surface area (TPSA) is 52.6 Å². The summed E-state index contributed by atoms with van der Waals surface area (Å²) in [6.07, 6.45) is 3.93. The fraction of sp³-hybridized carbons (Fsp3) is 0.556. The van der Waals surface area contributed by atoms with Gasteiger partial charge in [-0.15, -0.1) is 6.42 Å². The van der Waals surface area contributed by atoms with E-state index < -0.39 is 23.5 Å². The Bertz CT molecular complexity index is 284. The van der Waals surface area contributed by atoms with Crippen LogP contribution >= 0.6 is 0 Å². The molecule has 0 aliphatic carbocycles. The maximum absolute atomic E-state index is 11.1. The van der Waals surface area contributed by atoms with Crippen LogP contribution in [0.15, 0.2) is 0 Å². The van der Waals surface area contributed by atoms with Crippen molar-refractivity contribution in [2.75, 3.05) is 6.61 Å². The van der Waals surface area contributed by atoms with Gasteiger partial charge in [0.25, 0.3) is 0 Å². The number of rotatable bonds is 1. The Labute approximate surface area is 76.2 Å². The maximum Gasteiger partial charge on any atom is 0.384 e. The molecule has 0 spiro atoms. The molecule has 1 saturated heterocycles. The Morgan fingerprint density at radius 1 is 1.77 bits per heavy atom. The van der Waals surface area contributed by atoms with E-state index in [-0.39, 0.29) is 6.61 Å². The van der Waals surface area contributed by atoms with E-state index in [9.17, 15) is 9.59 Å². The number of carbonyl (C=O) groups excluding carboxylic acids is 2. The minimum atomic E-state index is -0.879. The number of ether oxygens (including phenoxy) is 2. The van der Waals surface area contributed by atoms with Gasteiger partial charge in [0, 0.05) is 11.3 Å². The maximum atomic E-state index is 11.1. The Hall–Kier alpha value is -1.50. The Morgan fingerprint density at radius 2 is 2.38 bits per heavy atom. The first-order valence-electron chi connectivity index (χ1n) is 3.81. The van der Waals surface area contributed by atoms with Gasteiger partial charge in [0.2, 0.25) is 6.10 Å². The van der Waals surface area contributed by atoms with Crippen molar-refractivity contribution >= 4 is 11.9 Å². The summed E-state index contributed by atoms with van der Waals surface area (Å²) in [4.78, 5) is 21.8. The average Bonchev–Trinajstić information content (AvgIpc) is 2.31. The highest BCUT2D eigenvalue weighted by molar-refractivity contribution is 5.90. The zero-order chi connectivity index (χ0) is 10.1. The fourth-order valence-corrected chi connectivity index (χ4v) is 1.08. The Morgan fingerprint density at radius 3 is 2.77 bits per heavy atom. The molecular formula is C9H10O4. The van der Waals surface area contributed by atoms with Crippen molar-refractivity contribution in [2.45, 2.75) is 20.0 Å². The summed E-state index contributed by atoms with van der Waals surface area (Å²) < 4.78 is 9.48. The van der Waals surface area contributed by atoms with E-state index in [0.717, 1.165) is 0 Å². The van der Waals surface area contributed by atoms with Crippen LogP contribution in [0.5, 0.6) is 0 Å². The summed E-state index contributed by atoms with van der Waals surface area (Å²) >= 11 is 0. The van der Waals surface area contributed by atoms with E-state index in [1.54, 1.807) is 19.8 Å². The van der Waals surface area contributed by atoms with Crippen LogP contribution in [0.4, 0.5) is 0 Å². The first-order valence-corrected chi connectivity index (χ1v) is 3.81. The molecule has 1 fully saturated rings. The smallest absolute Gasteiger partial charge is 0.384 e. The van der Waals surface area contributed by atoms with Crippen LogP contribution < -0.4 is 0 Å². The van der Waals surface area contributed by atoms with E-state index >= 15 is 0 Å². The van der Waals surface area contributed by atoms with E-state index in [2.05, 4.69) is 0 Å². The average molecular weight is 182 g/mol. The van der Waals surface area contributed by atoms with Crippen LogP contribution in [0.25, 0.3) is 0 Å².